The van der Waals surface area contributed by atoms with E-state index in [9.17, 15) is 17.4 Å². The summed E-state index contributed by atoms with van der Waals surface area (Å²) < 4.78 is 63.1. The van der Waals surface area contributed by atoms with Crippen molar-refractivity contribution in [3.8, 4) is 12.3 Å². The number of alkyl halides is 1. The Morgan fingerprint density at radius 1 is 1.58 bits per heavy atom. The van der Waals surface area contributed by atoms with E-state index in [-0.39, 0.29) is 67.7 Å². The summed E-state index contributed by atoms with van der Waals surface area (Å²) in [7, 11) is -5.27. The maximum atomic E-state index is 14.1. The number of hydrogen-bond acceptors (Lipinski definition) is 3. The Hall–Kier alpha value is 0.216. The third-order valence-corrected chi connectivity index (χ3v) is 3.60. The number of halogens is 1. The van der Waals surface area contributed by atoms with Crippen molar-refractivity contribution in [2.24, 2.45) is 0 Å². The van der Waals surface area contributed by atoms with Gasteiger partial charge in [-0.15, -0.1) is 6.42 Å². The molecule has 0 spiro atoms. The molecule has 0 heterocycles. The molecule has 1 unspecified atom stereocenters. The Bertz CT molecular complexity index is 677. The van der Waals surface area contributed by atoms with Crippen LogP contribution in [0.15, 0.2) is 24.3 Å². The molecule has 1 aromatic rings. The number of nitrogens with zero attached hydrogens (tertiary/aromatic N) is 1. The van der Waals surface area contributed by atoms with Gasteiger partial charge in [0.05, 0.1) is 15.3 Å². The first-order valence-corrected chi connectivity index (χ1v) is 6.50. The predicted molar refractivity (Wildman–Crippen MR) is 63.0 cm³/mol. The van der Waals surface area contributed by atoms with Crippen molar-refractivity contribution in [1.82, 2.24) is 4.31 Å². The number of fused-ring (bicyclic) bond motifs is 1. The Morgan fingerprint density at radius 2 is 2.21 bits per heavy atom. The van der Waals surface area contributed by atoms with Crippen LogP contribution in [0.5, 0.6) is 0 Å². The summed E-state index contributed by atoms with van der Waals surface area (Å²) in [5.74, 6) is 1.59. The van der Waals surface area contributed by atoms with E-state index in [1.165, 1.54) is 6.07 Å². The van der Waals surface area contributed by atoms with E-state index in [0.29, 0.717) is 5.56 Å². The molecule has 0 aliphatic heterocycles. The molecule has 2 rings (SSSR count). The summed E-state index contributed by atoms with van der Waals surface area (Å²) in [6.45, 7) is -2.90. The smallest absolute Gasteiger partial charge is 0.735 e. The zero-order valence-corrected chi connectivity index (χ0v) is 14.1. The quantitative estimate of drug-likeness (QED) is 0.369. The first-order valence-electron chi connectivity index (χ1n) is 6.13. The van der Waals surface area contributed by atoms with Crippen LogP contribution in [0.2, 0.25) is 0 Å². The van der Waals surface area contributed by atoms with Crippen molar-refractivity contribution in [3.05, 3.63) is 35.4 Å². The second-order valence-electron chi connectivity index (χ2n) is 3.87. The molecule has 2 atom stereocenters. The van der Waals surface area contributed by atoms with Crippen LogP contribution in [0, 0.1) is 12.3 Å². The zero-order chi connectivity index (χ0) is 15.1. The number of hydrogen-bond donors (Lipinski definition) is 0. The first-order chi connectivity index (χ1) is 9.18. The van der Waals surface area contributed by atoms with Crippen LogP contribution in [0.3, 0.4) is 0 Å². The Kier molecular flexibility index (Phi) is 5.06. The Balaban J connectivity index is 0.00000220. The summed E-state index contributed by atoms with van der Waals surface area (Å²) in [5, 5.41) is 0. The molecule has 0 radical (unpaired) electrons. The maximum Gasteiger partial charge on any atom is 1.00 e. The second-order valence-corrected chi connectivity index (χ2v) is 5.12. The maximum absolute atomic E-state index is 14.1. The van der Waals surface area contributed by atoms with E-state index in [1.807, 2.05) is 0 Å². The van der Waals surface area contributed by atoms with Crippen molar-refractivity contribution in [2.45, 2.75) is 18.6 Å². The average Bonchev–Trinajstić information content (AvgIpc) is 2.65. The first kappa shape index (κ1) is 14.2. The van der Waals surface area contributed by atoms with E-state index >= 15 is 0 Å². The van der Waals surface area contributed by atoms with Crippen molar-refractivity contribution >= 4 is 10.3 Å². The van der Waals surface area contributed by atoms with Gasteiger partial charge in [-0.25, -0.2) is 12.8 Å². The third-order valence-electron chi connectivity index (χ3n) is 2.80. The van der Waals surface area contributed by atoms with Crippen molar-refractivity contribution in [2.75, 3.05) is 6.50 Å². The minimum absolute atomic E-state index is 0. The molecule has 0 amide bonds. The molecule has 0 aromatic heterocycles. The van der Waals surface area contributed by atoms with Gasteiger partial charge in [0.25, 0.3) is 0 Å². The minimum Gasteiger partial charge on any atom is -0.735 e. The van der Waals surface area contributed by atoms with Gasteiger partial charge in [0.15, 0.2) is 10.3 Å². The molecule has 1 aliphatic rings. The summed E-state index contributed by atoms with van der Waals surface area (Å²) in [6, 6.07) is 4.73. The fourth-order valence-corrected chi connectivity index (χ4v) is 2.81. The van der Waals surface area contributed by atoms with Crippen LogP contribution in [-0.4, -0.2) is 29.9 Å². The van der Waals surface area contributed by atoms with Crippen molar-refractivity contribution in [1.29, 1.82) is 0 Å². The molecule has 7 heteroatoms. The van der Waals surface area contributed by atoms with Gasteiger partial charge in [-0.1, -0.05) is 30.2 Å². The van der Waals surface area contributed by atoms with E-state index in [4.69, 9.17) is 9.16 Å². The van der Waals surface area contributed by atoms with Crippen LogP contribution in [0.1, 0.15) is 19.9 Å². The van der Waals surface area contributed by atoms with Crippen molar-refractivity contribution < 1.29 is 71.5 Å². The van der Waals surface area contributed by atoms with Crippen LogP contribution < -0.4 is 51.4 Å². The van der Waals surface area contributed by atoms with Crippen LogP contribution in [0.25, 0.3) is 0 Å². The molecule has 0 N–H and O–H groups in total. The molecule has 1 aliphatic carbocycles. The van der Waals surface area contributed by atoms with Gasteiger partial charge in [-0.3, -0.25) is 0 Å². The van der Waals surface area contributed by atoms with Crippen LogP contribution in [0.4, 0.5) is 4.39 Å². The summed E-state index contributed by atoms with van der Waals surface area (Å²) in [5.41, 5.74) is 0.796. The predicted octanol–water partition coefficient (Wildman–Crippen LogP) is -1.98. The van der Waals surface area contributed by atoms with Crippen LogP contribution >= 0.6 is 0 Å². The molecule has 0 saturated carbocycles. The molecule has 96 valence electrons. The van der Waals surface area contributed by atoms with Gasteiger partial charge in [-0.2, -0.15) is 4.31 Å². The largest absolute Gasteiger partial charge is 1.00 e. The molecular weight excluding hydrogens is 295 g/mol. The fourth-order valence-electron chi connectivity index (χ4n) is 2.13. The van der Waals surface area contributed by atoms with E-state index in [1.54, 1.807) is 24.1 Å². The molecule has 1 aromatic carbocycles. The zero-order valence-electron chi connectivity index (χ0n) is 12.2. The van der Waals surface area contributed by atoms with Gasteiger partial charge >= 0.3 is 51.4 Å². The Labute approximate surface area is 157 Å². The van der Waals surface area contributed by atoms with E-state index < -0.39 is 29.0 Å². The van der Waals surface area contributed by atoms with E-state index in [0.717, 1.165) is 0 Å². The summed E-state index contributed by atoms with van der Waals surface area (Å²) in [6.07, 6.45) is 3.13. The topological polar surface area (TPSA) is 60.4 Å². The van der Waals surface area contributed by atoms with Gasteiger partial charge < -0.3 is 4.55 Å². The average molecular weight is 308 g/mol. The molecule has 19 heavy (non-hydrogen) atoms. The molecule has 0 fully saturated rings. The van der Waals surface area contributed by atoms with Crippen LogP contribution in [-0.2, 0) is 16.7 Å². The fraction of sp³-hybridized carbons (Fsp3) is 0.333. The number of benzene rings is 1. The summed E-state index contributed by atoms with van der Waals surface area (Å²) in [4.78, 5) is 0. The molecule has 4 nitrogen and oxygen atoms in total. The second kappa shape index (κ2) is 6.78. The van der Waals surface area contributed by atoms with E-state index in [2.05, 4.69) is 0 Å². The monoisotopic (exact) mass is 308 g/mol. The SMILES string of the molecule is [2H]C([2H])(C#C)N([C@H]1c2ccccc2CC1[18F])S(=O)(=O)[O-].[K+]. The molecular formula is C12H11FKNO3S. The van der Waals surface area contributed by atoms with Gasteiger partial charge in [-0.05, 0) is 11.1 Å². The van der Waals surface area contributed by atoms with Gasteiger partial charge in [0.1, 0.15) is 6.17 Å². The molecule has 0 saturated heterocycles. The minimum atomic E-state index is -5.27. The third kappa shape index (κ3) is 3.65. The van der Waals surface area contributed by atoms with Gasteiger partial charge in [0, 0.05) is 6.42 Å². The standard InChI is InChI=1S/C12H12FNO3S.K/c1-2-7-14(18(15,16)17)12-10-6-4-3-5-9(10)8-11(12)13;/h1,3-6,11-12H,7-8H2,(H,15,16,17);/q;+1/p-1/t11?,12-;/m0./s1/i7D2,13-1;. The molecule has 0 bridgehead atoms. The normalized spacial score (nSPS) is 23.9. The number of rotatable bonds is 3. The van der Waals surface area contributed by atoms with Gasteiger partial charge in [0.2, 0.25) is 0 Å². The number of terminal acetylenes is 1. The van der Waals surface area contributed by atoms with Crippen molar-refractivity contribution in [3.63, 3.8) is 0 Å². The summed E-state index contributed by atoms with van der Waals surface area (Å²) >= 11 is 0. The Morgan fingerprint density at radius 3 is 2.79 bits per heavy atom.